The highest BCUT2D eigenvalue weighted by atomic mass is 32.2. The molecular weight excluding hydrogens is 370 g/mol. The van der Waals surface area contributed by atoms with Crippen LogP contribution in [0.5, 0.6) is 0 Å². The molecule has 1 aromatic carbocycles. The van der Waals surface area contributed by atoms with Crippen molar-refractivity contribution in [1.29, 1.82) is 0 Å². The first-order chi connectivity index (χ1) is 12.0. The molecule has 5 rings (SSSR count). The SMILES string of the molecule is CN=[S@@](=O)(C[C@@]1(O)C=C[C@@H]2C=C[C@H]1CC21SCCS1)c1ccccc1. The molecule has 1 aromatic rings. The first-order valence-electron chi connectivity index (χ1n) is 8.56. The van der Waals surface area contributed by atoms with Gasteiger partial charge in [0.1, 0.15) is 5.60 Å². The van der Waals surface area contributed by atoms with Gasteiger partial charge in [-0.05, 0) is 18.6 Å². The van der Waals surface area contributed by atoms with Crippen LogP contribution >= 0.6 is 23.5 Å². The first kappa shape index (κ1) is 17.7. The van der Waals surface area contributed by atoms with Gasteiger partial charge in [-0.15, -0.1) is 23.5 Å². The van der Waals surface area contributed by atoms with Gasteiger partial charge in [0.15, 0.2) is 0 Å². The Kier molecular flexibility index (Phi) is 4.59. The standard InChI is InChI=1S/C19H23NO2S3/c1-20-25(22,17-5-3-2-4-6-17)14-18(21)10-9-15-7-8-16(18)13-19(15)23-11-12-24-19/h2-10,15-16,21H,11-14H2,1H3/t15-,16-,18-,25+/m0/s1. The van der Waals surface area contributed by atoms with E-state index in [1.807, 2.05) is 59.9 Å². The minimum Gasteiger partial charge on any atom is -0.384 e. The van der Waals surface area contributed by atoms with E-state index in [2.05, 4.69) is 22.6 Å². The fourth-order valence-corrected chi connectivity index (χ4v) is 9.51. The Balaban J connectivity index is 1.69. The molecular formula is C19H23NO2S3. The zero-order valence-electron chi connectivity index (χ0n) is 14.2. The van der Waals surface area contributed by atoms with E-state index in [0.717, 1.165) is 6.42 Å². The van der Waals surface area contributed by atoms with Gasteiger partial charge in [0.2, 0.25) is 0 Å². The zero-order valence-corrected chi connectivity index (χ0v) is 16.7. The van der Waals surface area contributed by atoms with Crippen molar-refractivity contribution in [3.8, 4) is 0 Å². The molecule has 4 aliphatic rings. The van der Waals surface area contributed by atoms with Crippen LogP contribution in [0.3, 0.4) is 0 Å². The summed E-state index contributed by atoms with van der Waals surface area (Å²) in [5, 5.41) is 11.5. The molecule has 3 aliphatic carbocycles. The Bertz CT molecular complexity index is 820. The van der Waals surface area contributed by atoms with Crippen molar-refractivity contribution >= 4 is 33.3 Å². The van der Waals surface area contributed by atoms with E-state index >= 15 is 0 Å². The van der Waals surface area contributed by atoms with Gasteiger partial charge in [-0.3, -0.25) is 0 Å². The molecule has 1 N–H and O–H groups in total. The lowest BCUT2D eigenvalue weighted by atomic mass is 9.82. The molecule has 1 heterocycles. The fourth-order valence-electron chi connectivity index (χ4n) is 3.99. The van der Waals surface area contributed by atoms with E-state index in [4.69, 9.17) is 0 Å². The predicted octanol–water partition coefficient (Wildman–Crippen LogP) is 3.81. The summed E-state index contributed by atoms with van der Waals surface area (Å²) in [6.45, 7) is 0. The molecule has 1 saturated heterocycles. The van der Waals surface area contributed by atoms with Crippen molar-refractivity contribution in [3.63, 3.8) is 0 Å². The Labute approximate surface area is 158 Å². The molecule has 0 radical (unpaired) electrons. The van der Waals surface area contributed by atoms with Crippen LogP contribution in [-0.2, 0) is 9.73 Å². The van der Waals surface area contributed by atoms with E-state index < -0.39 is 15.3 Å². The monoisotopic (exact) mass is 393 g/mol. The van der Waals surface area contributed by atoms with Gasteiger partial charge in [-0.1, -0.05) is 42.5 Å². The summed E-state index contributed by atoms with van der Waals surface area (Å²) >= 11 is 4.04. The van der Waals surface area contributed by atoms with Crippen molar-refractivity contribution in [2.45, 2.75) is 21.0 Å². The molecule has 4 atom stereocenters. The van der Waals surface area contributed by atoms with Crippen LogP contribution in [-0.4, -0.2) is 43.3 Å². The molecule has 25 heavy (non-hydrogen) atoms. The van der Waals surface area contributed by atoms with Crippen molar-refractivity contribution in [2.75, 3.05) is 24.3 Å². The quantitative estimate of drug-likeness (QED) is 0.794. The number of rotatable bonds is 3. The number of allylic oxidation sites excluding steroid dienone is 2. The second kappa shape index (κ2) is 6.48. The van der Waals surface area contributed by atoms with Crippen molar-refractivity contribution in [2.24, 2.45) is 16.2 Å². The molecule has 134 valence electrons. The highest BCUT2D eigenvalue weighted by molar-refractivity contribution is 8.21. The summed E-state index contributed by atoms with van der Waals surface area (Å²) in [4.78, 5) is 0.696. The maximum absolute atomic E-state index is 13.5. The Morgan fingerprint density at radius 1 is 1.20 bits per heavy atom. The van der Waals surface area contributed by atoms with Crippen molar-refractivity contribution < 1.29 is 9.32 Å². The van der Waals surface area contributed by atoms with Gasteiger partial charge < -0.3 is 5.11 Å². The number of hydrogen-bond donors (Lipinski definition) is 1. The van der Waals surface area contributed by atoms with Gasteiger partial charge in [-0.25, -0.2) is 8.57 Å². The number of benzene rings is 1. The van der Waals surface area contributed by atoms with Crippen molar-refractivity contribution in [3.05, 3.63) is 54.6 Å². The minimum absolute atomic E-state index is 0.0214. The third kappa shape index (κ3) is 3.01. The molecule has 1 aliphatic heterocycles. The average Bonchev–Trinajstić information content (AvgIpc) is 2.99. The van der Waals surface area contributed by atoms with E-state index in [1.165, 1.54) is 11.5 Å². The Morgan fingerprint density at radius 2 is 1.92 bits per heavy atom. The topological polar surface area (TPSA) is 49.7 Å². The summed E-state index contributed by atoms with van der Waals surface area (Å²) in [6.07, 6.45) is 9.33. The van der Waals surface area contributed by atoms with E-state index in [0.29, 0.717) is 10.8 Å². The molecule has 0 saturated carbocycles. The van der Waals surface area contributed by atoms with E-state index in [1.54, 1.807) is 7.05 Å². The van der Waals surface area contributed by atoms with Gasteiger partial charge in [0.25, 0.3) is 0 Å². The summed E-state index contributed by atoms with van der Waals surface area (Å²) in [5.41, 5.74) is -1.12. The largest absolute Gasteiger partial charge is 0.384 e. The molecule has 0 unspecified atom stereocenters. The maximum Gasteiger partial charge on any atom is 0.102 e. The molecule has 2 bridgehead atoms. The molecule has 1 spiro atoms. The molecule has 0 amide bonds. The van der Waals surface area contributed by atoms with Gasteiger partial charge in [0.05, 0.1) is 19.6 Å². The lowest BCUT2D eigenvalue weighted by Crippen LogP contribution is -2.44. The van der Waals surface area contributed by atoms with Crippen LogP contribution < -0.4 is 0 Å². The average molecular weight is 394 g/mol. The summed E-state index contributed by atoms with van der Waals surface area (Å²) in [6, 6.07) is 9.34. The van der Waals surface area contributed by atoms with Gasteiger partial charge in [0, 0.05) is 35.3 Å². The Morgan fingerprint density at radius 3 is 2.60 bits per heavy atom. The first-order valence-corrected chi connectivity index (χ1v) is 12.2. The fraction of sp³-hybridized carbons (Fsp3) is 0.474. The highest BCUT2D eigenvalue weighted by Gasteiger charge is 2.51. The maximum atomic E-state index is 13.5. The minimum atomic E-state index is -2.66. The van der Waals surface area contributed by atoms with Gasteiger partial charge in [-0.2, -0.15) is 0 Å². The lowest BCUT2D eigenvalue weighted by Gasteiger charge is -2.40. The number of aliphatic hydroxyl groups is 1. The third-order valence-corrected chi connectivity index (χ3v) is 11.5. The molecule has 6 heteroatoms. The second-order valence-corrected chi connectivity index (χ2v) is 12.4. The van der Waals surface area contributed by atoms with Crippen LogP contribution in [0.4, 0.5) is 0 Å². The normalized spacial score (nSPS) is 34.8. The third-order valence-electron chi connectivity index (χ3n) is 5.41. The molecule has 0 aromatic heterocycles. The van der Waals surface area contributed by atoms with Crippen LogP contribution in [0.25, 0.3) is 0 Å². The number of fused-ring (bicyclic) bond motifs is 1. The molecule has 1 fully saturated rings. The lowest BCUT2D eigenvalue weighted by molar-refractivity contribution is 0.0666. The Hall–Kier alpha value is -0.690. The van der Waals surface area contributed by atoms with Crippen LogP contribution in [0.2, 0.25) is 0 Å². The number of nitrogens with zero attached hydrogens (tertiary/aromatic N) is 1. The predicted molar refractivity (Wildman–Crippen MR) is 109 cm³/mol. The summed E-state index contributed by atoms with van der Waals surface area (Å²) in [5.74, 6) is 2.79. The summed E-state index contributed by atoms with van der Waals surface area (Å²) in [7, 11) is -1.07. The van der Waals surface area contributed by atoms with Gasteiger partial charge >= 0.3 is 0 Å². The second-order valence-electron chi connectivity index (χ2n) is 6.86. The summed E-state index contributed by atoms with van der Waals surface area (Å²) < 4.78 is 17.9. The highest BCUT2D eigenvalue weighted by Crippen LogP contribution is 2.58. The number of hydrogen-bond acceptors (Lipinski definition) is 5. The number of thioether (sulfide) groups is 2. The smallest absolute Gasteiger partial charge is 0.102 e. The van der Waals surface area contributed by atoms with Crippen LogP contribution in [0.15, 0.2) is 63.9 Å². The zero-order chi connectivity index (χ0) is 17.5. The van der Waals surface area contributed by atoms with E-state index in [-0.39, 0.29) is 15.7 Å². The van der Waals surface area contributed by atoms with E-state index in [9.17, 15) is 9.32 Å². The van der Waals surface area contributed by atoms with Crippen molar-refractivity contribution in [1.82, 2.24) is 0 Å². The van der Waals surface area contributed by atoms with Crippen LogP contribution in [0.1, 0.15) is 6.42 Å². The molecule has 3 nitrogen and oxygen atoms in total. The van der Waals surface area contributed by atoms with Crippen LogP contribution in [0, 0.1) is 11.8 Å².